The second kappa shape index (κ2) is 5.00. The van der Waals surface area contributed by atoms with Crippen LogP contribution in [0, 0.1) is 0 Å². The zero-order chi connectivity index (χ0) is 12.4. The van der Waals surface area contributed by atoms with E-state index in [9.17, 15) is 8.42 Å². The van der Waals surface area contributed by atoms with E-state index >= 15 is 0 Å². The molecule has 16 heavy (non-hydrogen) atoms. The smallest absolute Gasteiger partial charge is 0.214 e. The molecular weight excluding hydrogens is 230 g/mol. The molecule has 0 aromatic heterocycles. The first-order chi connectivity index (χ1) is 7.30. The van der Waals surface area contributed by atoms with Crippen LogP contribution in [0.4, 0.5) is 0 Å². The molecule has 0 spiro atoms. The normalized spacial score (nSPS) is 26.9. The van der Waals surface area contributed by atoms with Gasteiger partial charge >= 0.3 is 0 Å². The van der Waals surface area contributed by atoms with Crippen LogP contribution in [-0.4, -0.2) is 55.0 Å². The molecule has 1 unspecified atom stereocenters. The minimum Gasteiger partial charge on any atom is -0.394 e. The Morgan fingerprint density at radius 2 is 2.12 bits per heavy atom. The summed E-state index contributed by atoms with van der Waals surface area (Å²) in [4.78, 5) is 0. The van der Waals surface area contributed by atoms with Gasteiger partial charge in [0, 0.05) is 13.1 Å². The van der Waals surface area contributed by atoms with Gasteiger partial charge in [0.2, 0.25) is 10.0 Å². The maximum absolute atomic E-state index is 11.9. The van der Waals surface area contributed by atoms with Crippen molar-refractivity contribution in [2.45, 2.75) is 38.9 Å². The van der Waals surface area contributed by atoms with E-state index in [-0.39, 0.29) is 18.9 Å². The molecule has 96 valence electrons. The largest absolute Gasteiger partial charge is 0.394 e. The number of nitrogens with zero attached hydrogens (tertiary/aromatic N) is 1. The molecule has 5 nitrogen and oxygen atoms in total. The molecule has 0 aliphatic carbocycles. The highest BCUT2D eigenvalue weighted by atomic mass is 32.2. The first kappa shape index (κ1) is 13.9. The van der Waals surface area contributed by atoms with E-state index in [2.05, 4.69) is 0 Å². The fourth-order valence-electron chi connectivity index (χ4n) is 1.94. The number of sulfonamides is 1. The molecule has 1 heterocycles. The summed E-state index contributed by atoms with van der Waals surface area (Å²) in [7, 11) is -3.21. The zero-order valence-electron chi connectivity index (χ0n) is 10.1. The van der Waals surface area contributed by atoms with Crippen molar-refractivity contribution in [2.75, 3.05) is 25.4 Å². The summed E-state index contributed by atoms with van der Waals surface area (Å²) in [6.07, 6.45) is 0.180. The fraction of sp³-hybridized carbons (Fsp3) is 1.00. The van der Waals surface area contributed by atoms with Crippen LogP contribution in [0.2, 0.25) is 0 Å². The molecule has 1 aliphatic rings. The fourth-order valence-corrected chi connectivity index (χ4v) is 3.61. The lowest BCUT2D eigenvalue weighted by Crippen LogP contribution is -2.55. The van der Waals surface area contributed by atoms with Crippen molar-refractivity contribution >= 4 is 10.0 Å². The lowest BCUT2D eigenvalue weighted by molar-refractivity contribution is -0.131. The zero-order valence-corrected chi connectivity index (χ0v) is 11.0. The van der Waals surface area contributed by atoms with Crippen molar-refractivity contribution in [3.8, 4) is 0 Å². The highest BCUT2D eigenvalue weighted by Crippen LogP contribution is 2.23. The Balaban J connectivity index is 2.81. The van der Waals surface area contributed by atoms with Gasteiger partial charge in [-0.25, -0.2) is 8.42 Å². The van der Waals surface area contributed by atoms with E-state index in [1.54, 1.807) is 0 Å². The lowest BCUT2D eigenvalue weighted by Gasteiger charge is -2.41. The summed E-state index contributed by atoms with van der Waals surface area (Å²) in [5.41, 5.74) is -0.535. The van der Waals surface area contributed by atoms with Crippen LogP contribution in [-0.2, 0) is 14.8 Å². The van der Waals surface area contributed by atoms with Crippen LogP contribution in [0.25, 0.3) is 0 Å². The van der Waals surface area contributed by atoms with Crippen molar-refractivity contribution in [3.05, 3.63) is 0 Å². The third-order valence-electron chi connectivity index (χ3n) is 2.51. The second-order valence-electron chi connectivity index (χ2n) is 4.79. The van der Waals surface area contributed by atoms with Crippen LogP contribution in [0.3, 0.4) is 0 Å². The summed E-state index contributed by atoms with van der Waals surface area (Å²) in [5, 5.41) is 9.09. The van der Waals surface area contributed by atoms with Crippen LogP contribution in [0.15, 0.2) is 0 Å². The maximum Gasteiger partial charge on any atom is 0.214 e. The molecule has 1 atom stereocenters. The predicted molar refractivity (Wildman–Crippen MR) is 61.7 cm³/mol. The number of aliphatic hydroxyl groups excluding tert-OH is 1. The average molecular weight is 251 g/mol. The van der Waals surface area contributed by atoms with Gasteiger partial charge in [0.15, 0.2) is 0 Å². The van der Waals surface area contributed by atoms with Gasteiger partial charge in [0.1, 0.15) is 0 Å². The van der Waals surface area contributed by atoms with Crippen molar-refractivity contribution < 1.29 is 18.3 Å². The Kier molecular flexibility index (Phi) is 4.34. The molecule has 0 amide bonds. The molecule has 0 aromatic carbocycles. The van der Waals surface area contributed by atoms with E-state index in [0.29, 0.717) is 13.0 Å². The van der Waals surface area contributed by atoms with Crippen molar-refractivity contribution in [2.24, 2.45) is 0 Å². The van der Waals surface area contributed by atoms with E-state index in [4.69, 9.17) is 9.84 Å². The van der Waals surface area contributed by atoms with Crippen LogP contribution in [0.5, 0.6) is 0 Å². The first-order valence-corrected chi connectivity index (χ1v) is 7.18. The Labute approximate surface area is 97.4 Å². The van der Waals surface area contributed by atoms with Gasteiger partial charge < -0.3 is 9.84 Å². The van der Waals surface area contributed by atoms with E-state index in [1.165, 1.54) is 4.31 Å². The second-order valence-corrected chi connectivity index (χ2v) is 6.88. The highest BCUT2D eigenvalue weighted by Gasteiger charge is 2.37. The standard InChI is InChI=1S/C10H21NO4S/c1-4-5-16(13,14)11-6-9(7-12)15-10(2,3)8-11/h9,12H,4-8H2,1-3H3. The van der Waals surface area contributed by atoms with Crippen molar-refractivity contribution in [3.63, 3.8) is 0 Å². The van der Waals surface area contributed by atoms with E-state index in [1.807, 2.05) is 20.8 Å². The third-order valence-corrected chi connectivity index (χ3v) is 4.50. The molecule has 1 saturated heterocycles. The molecule has 1 rings (SSSR count). The SMILES string of the molecule is CCCS(=O)(=O)N1CC(CO)OC(C)(C)C1. The Hall–Kier alpha value is -0.170. The van der Waals surface area contributed by atoms with Gasteiger partial charge in [-0.2, -0.15) is 4.31 Å². The third kappa shape index (κ3) is 3.41. The van der Waals surface area contributed by atoms with Gasteiger partial charge in [-0.1, -0.05) is 6.92 Å². The Morgan fingerprint density at radius 1 is 1.50 bits per heavy atom. The number of rotatable bonds is 4. The predicted octanol–water partition coefficient (Wildman–Crippen LogP) is 0.198. The van der Waals surface area contributed by atoms with Gasteiger partial charge in [-0.3, -0.25) is 0 Å². The molecule has 0 bridgehead atoms. The van der Waals surface area contributed by atoms with E-state index in [0.717, 1.165) is 0 Å². The molecule has 0 aromatic rings. The van der Waals surface area contributed by atoms with Crippen LogP contribution >= 0.6 is 0 Å². The highest BCUT2D eigenvalue weighted by molar-refractivity contribution is 7.89. The quantitative estimate of drug-likeness (QED) is 0.775. The summed E-state index contributed by atoms with van der Waals surface area (Å²) in [5.74, 6) is 0.154. The average Bonchev–Trinajstić information content (AvgIpc) is 2.15. The minimum atomic E-state index is -3.21. The molecule has 1 aliphatic heterocycles. The monoisotopic (exact) mass is 251 g/mol. The summed E-state index contributed by atoms with van der Waals surface area (Å²) in [6, 6.07) is 0. The summed E-state index contributed by atoms with van der Waals surface area (Å²) < 4.78 is 30.8. The van der Waals surface area contributed by atoms with Crippen LogP contribution < -0.4 is 0 Å². The molecule has 6 heteroatoms. The van der Waals surface area contributed by atoms with Crippen molar-refractivity contribution in [1.29, 1.82) is 0 Å². The number of hydrogen-bond donors (Lipinski definition) is 1. The van der Waals surface area contributed by atoms with Gasteiger partial charge in [-0.15, -0.1) is 0 Å². The molecular formula is C10H21NO4S. The number of aliphatic hydroxyl groups is 1. The van der Waals surface area contributed by atoms with Gasteiger partial charge in [0.05, 0.1) is 24.1 Å². The van der Waals surface area contributed by atoms with Crippen LogP contribution in [0.1, 0.15) is 27.2 Å². The number of hydrogen-bond acceptors (Lipinski definition) is 4. The van der Waals surface area contributed by atoms with Gasteiger partial charge in [-0.05, 0) is 20.3 Å². The minimum absolute atomic E-state index is 0.151. The molecule has 0 saturated carbocycles. The topological polar surface area (TPSA) is 66.8 Å². The molecule has 0 radical (unpaired) electrons. The Bertz CT molecular complexity index is 326. The van der Waals surface area contributed by atoms with Crippen molar-refractivity contribution in [1.82, 2.24) is 4.31 Å². The number of ether oxygens (including phenoxy) is 1. The summed E-state index contributed by atoms with van der Waals surface area (Å²) >= 11 is 0. The molecule has 1 N–H and O–H groups in total. The maximum atomic E-state index is 11.9. The first-order valence-electron chi connectivity index (χ1n) is 5.57. The lowest BCUT2D eigenvalue weighted by atomic mass is 10.1. The summed E-state index contributed by atoms with van der Waals surface area (Å²) in [6.45, 7) is 5.97. The number of morpholine rings is 1. The Morgan fingerprint density at radius 3 is 2.62 bits per heavy atom. The van der Waals surface area contributed by atoms with Gasteiger partial charge in [0.25, 0.3) is 0 Å². The molecule has 1 fully saturated rings. The van der Waals surface area contributed by atoms with E-state index < -0.39 is 21.7 Å².